The van der Waals surface area contributed by atoms with Gasteiger partial charge >= 0.3 is 5.97 Å². The molecule has 0 spiro atoms. The number of benzene rings is 1. The standard InChI is InChI=1S/C19H24N2O3/c22-17-7-4-10-21(17)18(15-5-2-1-3-6-15)19(23)24-16-13-20-11-8-14(16)9-12-20/h1-3,5-6,14,16,18H,4,7-13H2. The summed E-state index contributed by atoms with van der Waals surface area (Å²) in [5, 5.41) is 0. The van der Waals surface area contributed by atoms with Crippen LogP contribution in [-0.2, 0) is 14.3 Å². The molecule has 5 rings (SSSR count). The number of rotatable bonds is 4. The molecule has 4 heterocycles. The van der Waals surface area contributed by atoms with E-state index in [0.717, 1.165) is 44.5 Å². The van der Waals surface area contributed by atoms with Gasteiger partial charge in [0.15, 0.2) is 6.04 Å². The van der Waals surface area contributed by atoms with Gasteiger partial charge in [0.25, 0.3) is 0 Å². The van der Waals surface area contributed by atoms with E-state index in [2.05, 4.69) is 4.90 Å². The van der Waals surface area contributed by atoms with E-state index < -0.39 is 6.04 Å². The van der Waals surface area contributed by atoms with E-state index in [0.29, 0.717) is 18.9 Å². The Balaban J connectivity index is 1.54. The Morgan fingerprint density at radius 2 is 1.88 bits per heavy atom. The number of nitrogens with zero attached hydrogens (tertiary/aromatic N) is 2. The minimum absolute atomic E-state index is 0.0242. The van der Waals surface area contributed by atoms with Crippen molar-refractivity contribution in [3.63, 3.8) is 0 Å². The first-order chi connectivity index (χ1) is 11.7. The van der Waals surface area contributed by atoms with E-state index in [9.17, 15) is 9.59 Å². The van der Waals surface area contributed by atoms with E-state index in [1.807, 2.05) is 30.3 Å². The number of likely N-dealkylation sites (tertiary alicyclic amines) is 1. The fourth-order valence-corrected chi connectivity index (χ4v) is 4.28. The lowest BCUT2D eigenvalue weighted by Crippen LogP contribution is -2.52. The molecular formula is C19H24N2O3. The van der Waals surface area contributed by atoms with Crippen molar-refractivity contribution in [1.29, 1.82) is 0 Å². The first-order valence-electron chi connectivity index (χ1n) is 8.99. The molecule has 0 N–H and O–H groups in total. The van der Waals surface area contributed by atoms with Crippen LogP contribution in [0.3, 0.4) is 0 Å². The number of carbonyl (C=O) groups is 2. The molecule has 2 atom stereocenters. The number of esters is 1. The van der Waals surface area contributed by atoms with Crippen molar-refractivity contribution in [2.24, 2.45) is 5.92 Å². The van der Waals surface area contributed by atoms with E-state index >= 15 is 0 Å². The summed E-state index contributed by atoms with van der Waals surface area (Å²) in [4.78, 5) is 29.3. The molecule has 128 valence electrons. The van der Waals surface area contributed by atoms with E-state index in [-0.39, 0.29) is 18.0 Å². The van der Waals surface area contributed by atoms with Crippen molar-refractivity contribution in [2.75, 3.05) is 26.2 Å². The topological polar surface area (TPSA) is 49.9 Å². The van der Waals surface area contributed by atoms with Crippen molar-refractivity contribution in [2.45, 2.75) is 37.8 Å². The fraction of sp³-hybridized carbons (Fsp3) is 0.579. The van der Waals surface area contributed by atoms with Gasteiger partial charge in [0.05, 0.1) is 0 Å². The Morgan fingerprint density at radius 3 is 2.46 bits per heavy atom. The number of fused-ring (bicyclic) bond motifs is 3. The fourth-order valence-electron chi connectivity index (χ4n) is 4.28. The van der Waals surface area contributed by atoms with Crippen LogP contribution in [0.25, 0.3) is 0 Å². The Hall–Kier alpha value is -1.88. The van der Waals surface area contributed by atoms with Crippen molar-refractivity contribution in [3.05, 3.63) is 35.9 Å². The zero-order chi connectivity index (χ0) is 16.5. The highest BCUT2D eigenvalue weighted by atomic mass is 16.5. The Kier molecular flexibility index (Phi) is 4.27. The van der Waals surface area contributed by atoms with Crippen LogP contribution in [0.1, 0.15) is 37.3 Å². The molecule has 1 amide bonds. The maximum Gasteiger partial charge on any atom is 0.333 e. The summed E-state index contributed by atoms with van der Waals surface area (Å²) in [5.74, 6) is 0.259. The molecule has 5 heteroatoms. The predicted molar refractivity (Wildman–Crippen MR) is 89.2 cm³/mol. The third-order valence-electron chi connectivity index (χ3n) is 5.62. The second-order valence-corrected chi connectivity index (χ2v) is 7.12. The lowest BCUT2D eigenvalue weighted by Gasteiger charge is -2.44. The van der Waals surface area contributed by atoms with Crippen LogP contribution in [0.4, 0.5) is 0 Å². The maximum atomic E-state index is 13.0. The number of ether oxygens (including phenoxy) is 1. The van der Waals surface area contributed by atoms with Crippen LogP contribution >= 0.6 is 0 Å². The number of amides is 1. The molecule has 2 bridgehead atoms. The van der Waals surface area contributed by atoms with Crippen LogP contribution in [0.5, 0.6) is 0 Å². The molecule has 0 saturated carbocycles. The number of piperidine rings is 3. The summed E-state index contributed by atoms with van der Waals surface area (Å²) in [6.07, 6.45) is 3.53. The molecule has 24 heavy (non-hydrogen) atoms. The van der Waals surface area contributed by atoms with Gasteiger partial charge < -0.3 is 9.64 Å². The van der Waals surface area contributed by atoms with Gasteiger partial charge in [-0.05, 0) is 43.8 Å². The smallest absolute Gasteiger partial charge is 0.333 e. The van der Waals surface area contributed by atoms with Crippen molar-refractivity contribution >= 4 is 11.9 Å². The molecular weight excluding hydrogens is 304 g/mol. The van der Waals surface area contributed by atoms with Gasteiger partial charge in [0.1, 0.15) is 6.10 Å². The van der Waals surface area contributed by atoms with Crippen LogP contribution < -0.4 is 0 Å². The molecule has 4 saturated heterocycles. The molecule has 1 aromatic rings. The summed E-state index contributed by atoms with van der Waals surface area (Å²) in [6.45, 7) is 3.70. The third-order valence-corrected chi connectivity index (χ3v) is 5.62. The van der Waals surface area contributed by atoms with Gasteiger partial charge in [-0.25, -0.2) is 4.79 Å². The van der Waals surface area contributed by atoms with Crippen molar-refractivity contribution in [3.8, 4) is 0 Å². The van der Waals surface area contributed by atoms with Crippen molar-refractivity contribution < 1.29 is 14.3 Å². The van der Waals surface area contributed by atoms with Gasteiger partial charge in [-0.3, -0.25) is 9.69 Å². The third kappa shape index (κ3) is 2.93. The number of hydrogen-bond acceptors (Lipinski definition) is 4. The molecule has 1 aromatic carbocycles. The summed E-state index contributed by atoms with van der Waals surface area (Å²) < 4.78 is 5.93. The normalized spacial score (nSPS) is 30.4. The summed E-state index contributed by atoms with van der Waals surface area (Å²) in [6, 6.07) is 8.96. The average molecular weight is 328 g/mol. The maximum absolute atomic E-state index is 13.0. The van der Waals surface area contributed by atoms with E-state index in [1.54, 1.807) is 4.90 Å². The highest BCUT2D eigenvalue weighted by Gasteiger charge is 2.40. The van der Waals surface area contributed by atoms with Crippen molar-refractivity contribution in [1.82, 2.24) is 9.80 Å². The van der Waals surface area contributed by atoms with Gasteiger partial charge in [0.2, 0.25) is 5.91 Å². The first-order valence-corrected chi connectivity index (χ1v) is 8.99. The van der Waals surface area contributed by atoms with Crippen LogP contribution in [0.2, 0.25) is 0 Å². The van der Waals surface area contributed by atoms with Gasteiger partial charge in [-0.15, -0.1) is 0 Å². The van der Waals surface area contributed by atoms with E-state index in [4.69, 9.17) is 4.74 Å². The number of carbonyl (C=O) groups excluding carboxylic acids is 2. The molecule has 4 aliphatic heterocycles. The second kappa shape index (κ2) is 6.55. The zero-order valence-corrected chi connectivity index (χ0v) is 13.9. The molecule has 2 unspecified atom stereocenters. The molecule has 4 aliphatic rings. The summed E-state index contributed by atoms with van der Waals surface area (Å²) in [5.41, 5.74) is 0.846. The molecule has 5 nitrogen and oxygen atoms in total. The molecule has 4 fully saturated rings. The van der Waals surface area contributed by atoms with Gasteiger partial charge in [-0.2, -0.15) is 0 Å². The van der Waals surface area contributed by atoms with Crippen LogP contribution in [0, 0.1) is 5.92 Å². The lowest BCUT2D eigenvalue weighted by molar-refractivity contribution is -0.167. The Bertz CT molecular complexity index is 610. The average Bonchev–Trinajstić information content (AvgIpc) is 3.03. The monoisotopic (exact) mass is 328 g/mol. The highest BCUT2D eigenvalue weighted by Crippen LogP contribution is 2.33. The largest absolute Gasteiger partial charge is 0.459 e. The number of hydrogen-bond donors (Lipinski definition) is 0. The summed E-state index contributed by atoms with van der Waals surface area (Å²) >= 11 is 0. The van der Waals surface area contributed by atoms with Crippen LogP contribution in [0.15, 0.2) is 30.3 Å². The minimum atomic E-state index is -0.600. The quantitative estimate of drug-likeness (QED) is 0.793. The lowest BCUT2D eigenvalue weighted by atomic mass is 9.86. The van der Waals surface area contributed by atoms with Crippen LogP contribution in [-0.4, -0.2) is 54.0 Å². The van der Waals surface area contributed by atoms with Gasteiger partial charge in [-0.1, -0.05) is 30.3 Å². The first kappa shape index (κ1) is 15.6. The zero-order valence-electron chi connectivity index (χ0n) is 13.9. The summed E-state index contributed by atoms with van der Waals surface area (Å²) in [7, 11) is 0. The minimum Gasteiger partial charge on any atom is -0.459 e. The SMILES string of the molecule is O=C(OC1CN2CCC1CC2)C(c1ccccc1)N1CCCC1=O. The van der Waals surface area contributed by atoms with Gasteiger partial charge in [0, 0.05) is 19.5 Å². The second-order valence-electron chi connectivity index (χ2n) is 7.12. The molecule has 0 aromatic heterocycles. The Labute approximate surface area is 142 Å². The Morgan fingerprint density at radius 1 is 1.12 bits per heavy atom. The predicted octanol–water partition coefficient (Wildman–Crippen LogP) is 1.99. The van der Waals surface area contributed by atoms with E-state index in [1.165, 1.54) is 0 Å². The molecule has 0 radical (unpaired) electrons. The molecule has 0 aliphatic carbocycles. The highest BCUT2D eigenvalue weighted by molar-refractivity contribution is 5.86.